The summed E-state index contributed by atoms with van der Waals surface area (Å²) in [5, 5.41) is 0.487. The molecule has 0 radical (unpaired) electrons. The Morgan fingerprint density at radius 3 is 2.33 bits per heavy atom. The van der Waals surface area contributed by atoms with Gasteiger partial charge in [-0.3, -0.25) is 4.72 Å². The minimum atomic E-state index is -3.62. The molecular formula is C11H8ClIN2O2S. The van der Waals surface area contributed by atoms with Crippen LogP contribution in [0.15, 0.2) is 47.5 Å². The molecule has 18 heavy (non-hydrogen) atoms. The summed E-state index contributed by atoms with van der Waals surface area (Å²) in [5.74, 6) is 0.283. The van der Waals surface area contributed by atoms with Gasteiger partial charge in [0.25, 0.3) is 10.0 Å². The van der Waals surface area contributed by atoms with E-state index in [0.29, 0.717) is 5.02 Å². The average Bonchev–Trinajstić information content (AvgIpc) is 2.32. The van der Waals surface area contributed by atoms with Crippen molar-refractivity contribution in [3.63, 3.8) is 0 Å². The lowest BCUT2D eigenvalue weighted by atomic mass is 10.4. The second kappa shape index (κ2) is 5.41. The molecule has 1 N–H and O–H groups in total. The Labute approximate surface area is 124 Å². The van der Waals surface area contributed by atoms with Gasteiger partial charge in [-0.15, -0.1) is 0 Å². The first-order valence-electron chi connectivity index (χ1n) is 4.87. The second-order valence-electron chi connectivity index (χ2n) is 3.42. The molecule has 0 aliphatic heterocycles. The molecule has 1 heterocycles. The molecule has 0 bridgehead atoms. The summed E-state index contributed by atoms with van der Waals surface area (Å²) in [4.78, 5) is 4.13. The SMILES string of the molecule is O=S(=O)(Nc1ccc(I)cn1)c1ccc(Cl)cc1. The van der Waals surface area contributed by atoms with Gasteiger partial charge >= 0.3 is 0 Å². The summed E-state index contributed by atoms with van der Waals surface area (Å²) >= 11 is 7.81. The predicted octanol–water partition coefficient (Wildman–Crippen LogP) is 3.14. The van der Waals surface area contributed by atoms with Gasteiger partial charge in [-0.2, -0.15) is 0 Å². The van der Waals surface area contributed by atoms with E-state index in [2.05, 4.69) is 32.3 Å². The Morgan fingerprint density at radius 1 is 1.11 bits per heavy atom. The van der Waals surface area contributed by atoms with Crippen LogP contribution in [0.5, 0.6) is 0 Å². The highest BCUT2D eigenvalue weighted by molar-refractivity contribution is 14.1. The molecule has 2 rings (SSSR count). The molecule has 0 spiro atoms. The van der Waals surface area contributed by atoms with Crippen LogP contribution in [0.3, 0.4) is 0 Å². The van der Waals surface area contributed by atoms with Crippen molar-refractivity contribution in [1.29, 1.82) is 0 Å². The van der Waals surface area contributed by atoms with E-state index < -0.39 is 10.0 Å². The maximum Gasteiger partial charge on any atom is 0.263 e. The summed E-state index contributed by atoms with van der Waals surface area (Å²) in [6.45, 7) is 0. The van der Waals surface area contributed by atoms with E-state index in [1.807, 2.05) is 0 Å². The number of hydrogen-bond acceptors (Lipinski definition) is 3. The standard InChI is InChI=1S/C11H8ClIN2O2S/c12-8-1-4-10(5-2-8)18(16,17)15-11-6-3-9(13)7-14-11/h1-7H,(H,14,15). The summed E-state index contributed by atoms with van der Waals surface area (Å²) in [6.07, 6.45) is 1.58. The van der Waals surface area contributed by atoms with Crippen LogP contribution in [-0.2, 0) is 10.0 Å². The molecule has 0 fully saturated rings. The molecule has 0 saturated heterocycles. The summed E-state index contributed by atoms with van der Waals surface area (Å²) < 4.78 is 27.3. The summed E-state index contributed by atoms with van der Waals surface area (Å²) in [6, 6.07) is 9.31. The first kappa shape index (κ1) is 13.6. The van der Waals surface area contributed by atoms with Crippen LogP contribution in [0.25, 0.3) is 0 Å². The van der Waals surface area contributed by atoms with Crippen molar-refractivity contribution in [2.75, 3.05) is 4.72 Å². The lowest BCUT2D eigenvalue weighted by molar-refractivity contribution is 0.601. The number of rotatable bonds is 3. The molecule has 0 aliphatic carbocycles. The first-order chi connectivity index (χ1) is 8.47. The van der Waals surface area contributed by atoms with E-state index in [1.54, 1.807) is 18.3 Å². The van der Waals surface area contributed by atoms with Gasteiger partial charge < -0.3 is 0 Å². The van der Waals surface area contributed by atoms with Gasteiger partial charge in [-0.1, -0.05) is 11.6 Å². The fraction of sp³-hybridized carbons (Fsp3) is 0. The Balaban J connectivity index is 2.27. The molecule has 0 saturated carbocycles. The van der Waals surface area contributed by atoms with Gasteiger partial charge in [-0.25, -0.2) is 13.4 Å². The van der Waals surface area contributed by atoms with Gasteiger partial charge in [0.2, 0.25) is 0 Å². The van der Waals surface area contributed by atoms with Crippen molar-refractivity contribution < 1.29 is 8.42 Å². The zero-order valence-electron chi connectivity index (χ0n) is 8.97. The second-order valence-corrected chi connectivity index (χ2v) is 6.79. The number of pyridine rings is 1. The van der Waals surface area contributed by atoms with E-state index in [9.17, 15) is 8.42 Å². The van der Waals surface area contributed by atoms with E-state index >= 15 is 0 Å². The largest absolute Gasteiger partial charge is 0.263 e. The number of aromatic nitrogens is 1. The molecule has 7 heteroatoms. The maximum atomic E-state index is 12.0. The summed E-state index contributed by atoms with van der Waals surface area (Å²) in [5.41, 5.74) is 0. The zero-order valence-corrected chi connectivity index (χ0v) is 12.7. The lowest BCUT2D eigenvalue weighted by Crippen LogP contribution is -2.13. The highest BCUT2D eigenvalue weighted by atomic mass is 127. The number of nitrogens with one attached hydrogen (secondary N) is 1. The number of sulfonamides is 1. The van der Waals surface area contributed by atoms with E-state index in [1.165, 1.54) is 24.3 Å². The maximum absolute atomic E-state index is 12.0. The monoisotopic (exact) mass is 394 g/mol. The highest BCUT2D eigenvalue weighted by Gasteiger charge is 2.14. The number of nitrogens with zero attached hydrogens (tertiary/aromatic N) is 1. The fourth-order valence-corrected chi connectivity index (χ4v) is 2.70. The topological polar surface area (TPSA) is 59.1 Å². The number of benzene rings is 1. The van der Waals surface area contributed by atoms with Gasteiger partial charge in [-0.05, 0) is 59.0 Å². The lowest BCUT2D eigenvalue weighted by Gasteiger charge is -2.07. The molecule has 0 aliphatic rings. The Morgan fingerprint density at radius 2 is 1.78 bits per heavy atom. The van der Waals surface area contributed by atoms with Crippen molar-refractivity contribution in [3.8, 4) is 0 Å². The smallest absolute Gasteiger partial charge is 0.263 e. The van der Waals surface area contributed by atoms with E-state index in [0.717, 1.165) is 3.57 Å². The van der Waals surface area contributed by atoms with Crippen molar-refractivity contribution in [1.82, 2.24) is 4.98 Å². The molecule has 4 nitrogen and oxygen atoms in total. The Kier molecular flexibility index (Phi) is 4.08. The van der Waals surface area contributed by atoms with Crippen LogP contribution in [-0.4, -0.2) is 13.4 Å². The Bertz CT molecular complexity index is 642. The van der Waals surface area contributed by atoms with E-state index in [4.69, 9.17) is 11.6 Å². The minimum Gasteiger partial charge on any atom is -0.263 e. The van der Waals surface area contributed by atoms with Crippen LogP contribution in [0.4, 0.5) is 5.82 Å². The molecule has 0 amide bonds. The molecule has 1 aromatic carbocycles. The molecular weight excluding hydrogens is 387 g/mol. The molecule has 1 aromatic heterocycles. The van der Waals surface area contributed by atoms with Crippen LogP contribution < -0.4 is 4.72 Å². The first-order valence-corrected chi connectivity index (χ1v) is 7.81. The molecule has 0 atom stereocenters. The average molecular weight is 395 g/mol. The molecule has 94 valence electrons. The number of anilines is 1. The van der Waals surface area contributed by atoms with Crippen LogP contribution >= 0.6 is 34.2 Å². The summed E-state index contributed by atoms with van der Waals surface area (Å²) in [7, 11) is -3.62. The van der Waals surface area contributed by atoms with Crippen molar-refractivity contribution in [2.24, 2.45) is 0 Å². The van der Waals surface area contributed by atoms with Crippen LogP contribution in [0.2, 0.25) is 5.02 Å². The van der Waals surface area contributed by atoms with Gasteiger partial charge in [0.1, 0.15) is 5.82 Å². The molecule has 0 unspecified atom stereocenters. The quantitative estimate of drug-likeness (QED) is 0.814. The number of halogens is 2. The van der Waals surface area contributed by atoms with Crippen molar-refractivity contribution in [2.45, 2.75) is 4.90 Å². The Hall–Kier alpha value is -0.860. The third-order valence-corrected chi connectivity index (χ3v) is 4.35. The van der Waals surface area contributed by atoms with E-state index in [-0.39, 0.29) is 10.7 Å². The third-order valence-electron chi connectivity index (χ3n) is 2.09. The van der Waals surface area contributed by atoms with Crippen LogP contribution in [0, 0.1) is 3.57 Å². The highest BCUT2D eigenvalue weighted by Crippen LogP contribution is 2.17. The molecule has 2 aromatic rings. The van der Waals surface area contributed by atoms with Gasteiger partial charge in [0.15, 0.2) is 0 Å². The van der Waals surface area contributed by atoms with Gasteiger partial charge in [0, 0.05) is 14.8 Å². The van der Waals surface area contributed by atoms with Crippen LogP contribution in [0.1, 0.15) is 0 Å². The number of hydrogen-bond donors (Lipinski definition) is 1. The minimum absolute atomic E-state index is 0.146. The zero-order chi connectivity index (χ0) is 13.2. The predicted molar refractivity (Wildman–Crippen MR) is 79.2 cm³/mol. The third kappa shape index (κ3) is 3.33. The van der Waals surface area contributed by atoms with Crippen molar-refractivity contribution in [3.05, 3.63) is 51.2 Å². The normalized spacial score (nSPS) is 11.2. The fourth-order valence-electron chi connectivity index (χ4n) is 1.25. The van der Waals surface area contributed by atoms with Crippen molar-refractivity contribution >= 4 is 50.0 Å². The van der Waals surface area contributed by atoms with Gasteiger partial charge in [0.05, 0.1) is 4.90 Å².